The molecule has 0 aliphatic rings. The molecule has 5 heteroatoms. The average molecular weight is 216 g/mol. The van der Waals surface area contributed by atoms with Gasteiger partial charge in [0.05, 0.1) is 12.3 Å². The SMILES string of the molecule is CCN(CCC(=O)O)C(=O)C(C)C(C)N. The van der Waals surface area contributed by atoms with Crippen molar-refractivity contribution in [1.29, 1.82) is 0 Å². The lowest BCUT2D eigenvalue weighted by Crippen LogP contribution is -2.42. The first-order valence-electron chi connectivity index (χ1n) is 5.16. The quantitative estimate of drug-likeness (QED) is 0.668. The molecule has 0 aromatic rings. The van der Waals surface area contributed by atoms with Crippen molar-refractivity contribution >= 4 is 11.9 Å². The van der Waals surface area contributed by atoms with E-state index in [-0.39, 0.29) is 30.8 Å². The number of carbonyl (C=O) groups is 2. The highest BCUT2D eigenvalue weighted by Gasteiger charge is 2.22. The average Bonchev–Trinajstić information content (AvgIpc) is 2.16. The summed E-state index contributed by atoms with van der Waals surface area (Å²) >= 11 is 0. The zero-order chi connectivity index (χ0) is 12.0. The summed E-state index contributed by atoms with van der Waals surface area (Å²) < 4.78 is 0. The number of hydrogen-bond acceptors (Lipinski definition) is 3. The molecule has 2 unspecified atom stereocenters. The van der Waals surface area contributed by atoms with Crippen LogP contribution in [0.4, 0.5) is 0 Å². The first-order valence-corrected chi connectivity index (χ1v) is 5.16. The maximum absolute atomic E-state index is 11.8. The molecule has 0 rings (SSSR count). The molecule has 0 aliphatic heterocycles. The van der Waals surface area contributed by atoms with E-state index in [9.17, 15) is 9.59 Å². The summed E-state index contributed by atoms with van der Waals surface area (Å²) in [4.78, 5) is 23.7. The summed E-state index contributed by atoms with van der Waals surface area (Å²) in [6, 6.07) is -0.212. The molecule has 2 atom stereocenters. The monoisotopic (exact) mass is 216 g/mol. The summed E-state index contributed by atoms with van der Waals surface area (Å²) in [5, 5.41) is 8.52. The number of carboxylic acids is 1. The van der Waals surface area contributed by atoms with Gasteiger partial charge in [-0.15, -0.1) is 0 Å². The minimum atomic E-state index is -0.894. The molecule has 0 aliphatic carbocycles. The molecule has 3 N–H and O–H groups in total. The molecule has 0 saturated carbocycles. The van der Waals surface area contributed by atoms with E-state index in [4.69, 9.17) is 10.8 Å². The predicted molar refractivity (Wildman–Crippen MR) is 57.3 cm³/mol. The highest BCUT2D eigenvalue weighted by molar-refractivity contribution is 5.79. The minimum Gasteiger partial charge on any atom is -0.481 e. The van der Waals surface area contributed by atoms with Crippen LogP contribution >= 0.6 is 0 Å². The van der Waals surface area contributed by atoms with E-state index >= 15 is 0 Å². The van der Waals surface area contributed by atoms with Gasteiger partial charge in [-0.25, -0.2) is 0 Å². The Morgan fingerprint density at radius 3 is 2.27 bits per heavy atom. The van der Waals surface area contributed by atoms with Gasteiger partial charge in [-0.05, 0) is 13.8 Å². The number of rotatable bonds is 6. The van der Waals surface area contributed by atoms with Gasteiger partial charge in [-0.3, -0.25) is 9.59 Å². The molecule has 15 heavy (non-hydrogen) atoms. The van der Waals surface area contributed by atoms with Crippen molar-refractivity contribution in [3.8, 4) is 0 Å². The second-order valence-corrected chi connectivity index (χ2v) is 3.71. The molecule has 0 aromatic carbocycles. The Morgan fingerprint density at radius 2 is 1.93 bits per heavy atom. The number of nitrogens with zero attached hydrogens (tertiary/aromatic N) is 1. The van der Waals surface area contributed by atoms with Crippen LogP contribution in [0, 0.1) is 5.92 Å². The zero-order valence-electron chi connectivity index (χ0n) is 9.56. The number of aliphatic carboxylic acids is 1. The van der Waals surface area contributed by atoms with E-state index in [0.717, 1.165) is 0 Å². The Hall–Kier alpha value is -1.10. The van der Waals surface area contributed by atoms with E-state index in [1.165, 1.54) is 4.90 Å². The fourth-order valence-corrected chi connectivity index (χ4v) is 1.17. The Morgan fingerprint density at radius 1 is 1.40 bits per heavy atom. The van der Waals surface area contributed by atoms with Crippen molar-refractivity contribution in [3.05, 3.63) is 0 Å². The summed E-state index contributed by atoms with van der Waals surface area (Å²) in [5.41, 5.74) is 5.62. The summed E-state index contributed by atoms with van der Waals surface area (Å²) in [5.74, 6) is -1.23. The third-order valence-corrected chi connectivity index (χ3v) is 2.47. The van der Waals surface area contributed by atoms with Crippen LogP contribution in [0.3, 0.4) is 0 Å². The van der Waals surface area contributed by atoms with Crippen LogP contribution in [0.1, 0.15) is 27.2 Å². The smallest absolute Gasteiger partial charge is 0.305 e. The third kappa shape index (κ3) is 4.78. The molecule has 0 radical (unpaired) electrons. The van der Waals surface area contributed by atoms with Gasteiger partial charge in [-0.2, -0.15) is 0 Å². The lowest BCUT2D eigenvalue weighted by Gasteiger charge is -2.25. The molecule has 0 aromatic heterocycles. The minimum absolute atomic E-state index is 0.0226. The largest absolute Gasteiger partial charge is 0.481 e. The summed E-state index contributed by atoms with van der Waals surface area (Å²) in [6.07, 6.45) is -0.0226. The molecular formula is C10H20N2O3. The van der Waals surface area contributed by atoms with Gasteiger partial charge in [0.2, 0.25) is 5.91 Å². The Bertz CT molecular complexity index is 229. The number of hydrogen-bond donors (Lipinski definition) is 2. The van der Waals surface area contributed by atoms with E-state index in [0.29, 0.717) is 6.54 Å². The van der Waals surface area contributed by atoms with E-state index in [1.807, 2.05) is 6.92 Å². The van der Waals surface area contributed by atoms with Crippen LogP contribution in [-0.2, 0) is 9.59 Å². The topological polar surface area (TPSA) is 83.6 Å². The van der Waals surface area contributed by atoms with Crippen LogP contribution in [0.15, 0.2) is 0 Å². The zero-order valence-corrected chi connectivity index (χ0v) is 9.56. The first kappa shape index (κ1) is 13.9. The van der Waals surface area contributed by atoms with Crippen molar-refractivity contribution in [2.24, 2.45) is 11.7 Å². The van der Waals surface area contributed by atoms with Gasteiger partial charge in [0.15, 0.2) is 0 Å². The Balaban J connectivity index is 4.27. The molecule has 0 spiro atoms. The van der Waals surface area contributed by atoms with Gasteiger partial charge in [-0.1, -0.05) is 6.92 Å². The molecule has 0 bridgehead atoms. The predicted octanol–water partition coefficient (Wildman–Crippen LogP) is 0.293. The Labute approximate surface area is 90.2 Å². The number of nitrogens with two attached hydrogens (primary N) is 1. The summed E-state index contributed by atoms with van der Waals surface area (Å²) in [7, 11) is 0. The van der Waals surface area contributed by atoms with E-state index < -0.39 is 5.97 Å². The van der Waals surface area contributed by atoms with Crippen molar-refractivity contribution in [2.75, 3.05) is 13.1 Å². The summed E-state index contributed by atoms with van der Waals surface area (Å²) in [6.45, 7) is 6.13. The molecule has 0 fully saturated rings. The van der Waals surface area contributed by atoms with Crippen LogP contribution in [-0.4, -0.2) is 41.0 Å². The number of carboxylic acid groups (broad SMARTS) is 1. The normalized spacial score (nSPS) is 14.4. The second-order valence-electron chi connectivity index (χ2n) is 3.71. The molecule has 0 heterocycles. The van der Waals surface area contributed by atoms with Gasteiger partial charge in [0, 0.05) is 19.1 Å². The molecule has 1 amide bonds. The van der Waals surface area contributed by atoms with Crippen LogP contribution in [0.25, 0.3) is 0 Å². The third-order valence-electron chi connectivity index (χ3n) is 2.47. The molecular weight excluding hydrogens is 196 g/mol. The van der Waals surface area contributed by atoms with Crippen LogP contribution in [0.2, 0.25) is 0 Å². The lowest BCUT2D eigenvalue weighted by atomic mass is 10.0. The fraction of sp³-hybridized carbons (Fsp3) is 0.800. The highest BCUT2D eigenvalue weighted by atomic mass is 16.4. The molecule has 0 saturated heterocycles. The van der Waals surface area contributed by atoms with E-state index in [2.05, 4.69) is 0 Å². The standard InChI is InChI=1S/C10H20N2O3/c1-4-12(6-5-9(13)14)10(15)7(2)8(3)11/h7-8H,4-6,11H2,1-3H3,(H,13,14). The van der Waals surface area contributed by atoms with E-state index in [1.54, 1.807) is 13.8 Å². The van der Waals surface area contributed by atoms with Gasteiger partial charge in [0.25, 0.3) is 0 Å². The highest BCUT2D eigenvalue weighted by Crippen LogP contribution is 2.06. The van der Waals surface area contributed by atoms with Crippen molar-refractivity contribution in [1.82, 2.24) is 4.90 Å². The van der Waals surface area contributed by atoms with Crippen LogP contribution < -0.4 is 5.73 Å². The van der Waals surface area contributed by atoms with Crippen LogP contribution in [0.5, 0.6) is 0 Å². The lowest BCUT2D eigenvalue weighted by molar-refractivity contribution is -0.139. The van der Waals surface area contributed by atoms with Crippen molar-refractivity contribution in [3.63, 3.8) is 0 Å². The maximum Gasteiger partial charge on any atom is 0.305 e. The number of amides is 1. The Kier molecular flexibility index (Phi) is 5.93. The molecule has 5 nitrogen and oxygen atoms in total. The van der Waals surface area contributed by atoms with Gasteiger partial charge >= 0.3 is 5.97 Å². The van der Waals surface area contributed by atoms with Gasteiger partial charge in [0.1, 0.15) is 0 Å². The fourth-order valence-electron chi connectivity index (χ4n) is 1.17. The first-order chi connectivity index (χ1) is 6.90. The number of carbonyl (C=O) groups excluding carboxylic acids is 1. The molecule has 88 valence electrons. The maximum atomic E-state index is 11.8. The van der Waals surface area contributed by atoms with Crippen molar-refractivity contribution < 1.29 is 14.7 Å². The second kappa shape index (κ2) is 6.40. The van der Waals surface area contributed by atoms with Gasteiger partial charge < -0.3 is 15.7 Å². The van der Waals surface area contributed by atoms with Crippen molar-refractivity contribution in [2.45, 2.75) is 33.2 Å².